The molecule has 0 aromatic carbocycles. The third-order valence-electron chi connectivity index (χ3n) is 2.20. The molecule has 1 saturated heterocycles. The maximum atomic E-state index is 9.45. The van der Waals surface area contributed by atoms with E-state index >= 15 is 0 Å². The van der Waals surface area contributed by atoms with Gasteiger partial charge >= 0.3 is 0 Å². The zero-order chi connectivity index (χ0) is 6.32. The van der Waals surface area contributed by atoms with E-state index in [-0.39, 0.29) is 5.60 Å². The largest absolute Gasteiger partial charge is 0.390 e. The minimum Gasteiger partial charge on any atom is -0.390 e. The SMILES string of the molecule is OC1(CC2CSC2)CC1. The molecule has 1 aliphatic heterocycles. The van der Waals surface area contributed by atoms with Gasteiger partial charge in [0.1, 0.15) is 0 Å². The molecule has 0 aromatic heterocycles. The van der Waals surface area contributed by atoms with E-state index in [0.717, 1.165) is 25.2 Å². The smallest absolute Gasteiger partial charge is 0.0653 e. The van der Waals surface area contributed by atoms with Crippen LogP contribution >= 0.6 is 11.8 Å². The van der Waals surface area contributed by atoms with E-state index in [9.17, 15) is 5.11 Å². The van der Waals surface area contributed by atoms with E-state index in [1.807, 2.05) is 11.8 Å². The summed E-state index contributed by atoms with van der Waals surface area (Å²) >= 11 is 2.00. The maximum absolute atomic E-state index is 9.45. The Kier molecular flexibility index (Phi) is 1.27. The first kappa shape index (κ1) is 6.05. The average molecular weight is 144 g/mol. The van der Waals surface area contributed by atoms with Crippen LogP contribution in [0.15, 0.2) is 0 Å². The Labute approximate surface area is 59.8 Å². The van der Waals surface area contributed by atoms with Crippen LogP contribution in [0.4, 0.5) is 0 Å². The van der Waals surface area contributed by atoms with Crippen molar-refractivity contribution in [2.45, 2.75) is 24.9 Å². The molecule has 1 aliphatic carbocycles. The Morgan fingerprint density at radius 1 is 1.44 bits per heavy atom. The number of rotatable bonds is 2. The molecule has 0 spiro atoms. The first-order chi connectivity index (χ1) is 4.29. The van der Waals surface area contributed by atoms with Gasteiger partial charge in [-0.05, 0) is 36.7 Å². The topological polar surface area (TPSA) is 20.2 Å². The normalized spacial score (nSPS) is 31.7. The summed E-state index contributed by atoms with van der Waals surface area (Å²) < 4.78 is 0. The van der Waals surface area contributed by atoms with E-state index in [0.29, 0.717) is 0 Å². The second-order valence-electron chi connectivity index (χ2n) is 3.33. The molecule has 0 radical (unpaired) electrons. The van der Waals surface area contributed by atoms with Gasteiger partial charge in [-0.2, -0.15) is 11.8 Å². The molecule has 0 unspecified atom stereocenters. The highest BCUT2D eigenvalue weighted by Crippen LogP contribution is 2.44. The van der Waals surface area contributed by atoms with Gasteiger partial charge in [-0.25, -0.2) is 0 Å². The molecule has 0 atom stereocenters. The summed E-state index contributed by atoms with van der Waals surface area (Å²) in [5.41, 5.74) is -0.189. The number of aliphatic hydroxyl groups is 1. The molecule has 0 bridgehead atoms. The molecule has 1 N–H and O–H groups in total. The van der Waals surface area contributed by atoms with Crippen molar-refractivity contribution >= 4 is 11.8 Å². The summed E-state index contributed by atoms with van der Waals surface area (Å²) in [6, 6.07) is 0. The fraction of sp³-hybridized carbons (Fsp3) is 1.00. The molecule has 2 heteroatoms. The number of hydrogen-bond acceptors (Lipinski definition) is 2. The lowest BCUT2D eigenvalue weighted by atomic mass is 10.0. The summed E-state index contributed by atoms with van der Waals surface area (Å²) in [5, 5.41) is 9.45. The van der Waals surface area contributed by atoms with Crippen molar-refractivity contribution in [2.24, 2.45) is 5.92 Å². The molecule has 0 amide bonds. The van der Waals surface area contributed by atoms with Crippen LogP contribution in [0.25, 0.3) is 0 Å². The van der Waals surface area contributed by atoms with Crippen molar-refractivity contribution in [3.05, 3.63) is 0 Å². The second kappa shape index (κ2) is 1.89. The quantitative estimate of drug-likeness (QED) is 0.629. The molecule has 2 aliphatic rings. The predicted octanol–water partition coefficient (Wildman–Crippen LogP) is 1.26. The second-order valence-corrected chi connectivity index (χ2v) is 4.41. The molecule has 9 heavy (non-hydrogen) atoms. The molecule has 0 aromatic rings. The molecule has 2 fully saturated rings. The van der Waals surface area contributed by atoms with Gasteiger partial charge in [-0.15, -0.1) is 0 Å². The lowest BCUT2D eigenvalue weighted by Crippen LogP contribution is -2.24. The van der Waals surface area contributed by atoms with Crippen LogP contribution < -0.4 is 0 Å². The monoisotopic (exact) mass is 144 g/mol. The Morgan fingerprint density at radius 3 is 2.44 bits per heavy atom. The van der Waals surface area contributed by atoms with Crippen LogP contribution in [0.3, 0.4) is 0 Å². The summed E-state index contributed by atoms with van der Waals surface area (Å²) in [6.07, 6.45) is 3.21. The van der Waals surface area contributed by atoms with Gasteiger partial charge in [0.05, 0.1) is 5.60 Å². The number of thioether (sulfide) groups is 1. The van der Waals surface area contributed by atoms with E-state index < -0.39 is 0 Å². The Balaban J connectivity index is 1.76. The van der Waals surface area contributed by atoms with Crippen molar-refractivity contribution in [2.75, 3.05) is 11.5 Å². The minimum absolute atomic E-state index is 0.189. The van der Waals surface area contributed by atoms with Crippen molar-refractivity contribution in [3.8, 4) is 0 Å². The molecular weight excluding hydrogens is 132 g/mol. The van der Waals surface area contributed by atoms with Gasteiger partial charge in [-0.1, -0.05) is 0 Å². The van der Waals surface area contributed by atoms with Gasteiger partial charge in [0.25, 0.3) is 0 Å². The zero-order valence-electron chi connectivity index (χ0n) is 5.47. The fourth-order valence-electron chi connectivity index (χ4n) is 1.29. The van der Waals surface area contributed by atoms with Gasteiger partial charge in [-0.3, -0.25) is 0 Å². The molecule has 1 saturated carbocycles. The van der Waals surface area contributed by atoms with Gasteiger partial charge < -0.3 is 5.11 Å². The highest BCUT2D eigenvalue weighted by molar-refractivity contribution is 8.00. The predicted molar refractivity (Wildman–Crippen MR) is 39.6 cm³/mol. The Hall–Kier alpha value is 0.310. The minimum atomic E-state index is -0.189. The molecule has 2 rings (SSSR count). The first-order valence-electron chi connectivity index (χ1n) is 3.59. The molecular formula is C7H12OS. The van der Waals surface area contributed by atoms with Crippen molar-refractivity contribution in [3.63, 3.8) is 0 Å². The van der Waals surface area contributed by atoms with Gasteiger partial charge in [0, 0.05) is 0 Å². The van der Waals surface area contributed by atoms with E-state index in [4.69, 9.17) is 0 Å². The molecule has 1 heterocycles. The van der Waals surface area contributed by atoms with E-state index in [1.165, 1.54) is 11.5 Å². The van der Waals surface area contributed by atoms with Crippen molar-refractivity contribution < 1.29 is 5.11 Å². The highest BCUT2D eigenvalue weighted by atomic mass is 32.2. The van der Waals surface area contributed by atoms with Crippen molar-refractivity contribution in [1.82, 2.24) is 0 Å². The maximum Gasteiger partial charge on any atom is 0.0653 e. The highest BCUT2D eigenvalue weighted by Gasteiger charge is 2.43. The van der Waals surface area contributed by atoms with Crippen LogP contribution in [-0.2, 0) is 0 Å². The third-order valence-corrected chi connectivity index (χ3v) is 3.62. The summed E-state index contributed by atoms with van der Waals surface area (Å²) in [4.78, 5) is 0. The molecule has 52 valence electrons. The van der Waals surface area contributed by atoms with Crippen molar-refractivity contribution in [1.29, 1.82) is 0 Å². The number of hydrogen-bond donors (Lipinski definition) is 1. The lowest BCUT2D eigenvalue weighted by molar-refractivity contribution is 0.124. The zero-order valence-corrected chi connectivity index (χ0v) is 6.28. The standard InChI is InChI=1S/C7H12OS/c8-7(1-2-7)3-6-4-9-5-6/h6,8H,1-5H2. The van der Waals surface area contributed by atoms with E-state index in [2.05, 4.69) is 0 Å². The molecule has 1 nitrogen and oxygen atoms in total. The van der Waals surface area contributed by atoms with Crippen LogP contribution in [0, 0.1) is 5.92 Å². The average Bonchev–Trinajstić information content (AvgIpc) is 2.39. The Bertz CT molecular complexity index is 116. The van der Waals surface area contributed by atoms with Gasteiger partial charge in [0.15, 0.2) is 0 Å². The first-order valence-corrected chi connectivity index (χ1v) is 4.74. The summed E-state index contributed by atoms with van der Waals surface area (Å²) in [6.45, 7) is 0. The van der Waals surface area contributed by atoms with Crippen LogP contribution in [0.1, 0.15) is 19.3 Å². The van der Waals surface area contributed by atoms with Crippen LogP contribution in [0.5, 0.6) is 0 Å². The van der Waals surface area contributed by atoms with Crippen LogP contribution in [0.2, 0.25) is 0 Å². The summed E-state index contributed by atoms with van der Waals surface area (Å²) in [5.74, 6) is 3.44. The van der Waals surface area contributed by atoms with Crippen LogP contribution in [-0.4, -0.2) is 22.2 Å². The van der Waals surface area contributed by atoms with E-state index in [1.54, 1.807) is 0 Å². The fourth-order valence-corrected chi connectivity index (χ4v) is 2.09. The summed E-state index contributed by atoms with van der Waals surface area (Å²) in [7, 11) is 0. The lowest BCUT2D eigenvalue weighted by Gasteiger charge is -2.26. The van der Waals surface area contributed by atoms with Gasteiger partial charge in [0.2, 0.25) is 0 Å². The third kappa shape index (κ3) is 1.24. The Morgan fingerprint density at radius 2 is 2.11 bits per heavy atom.